The second-order valence-corrected chi connectivity index (χ2v) is 6.35. The van der Waals surface area contributed by atoms with Crippen molar-refractivity contribution in [2.75, 3.05) is 0 Å². The lowest BCUT2D eigenvalue weighted by molar-refractivity contribution is -0.137. The van der Waals surface area contributed by atoms with E-state index < -0.39 is 11.7 Å². The molecule has 0 amide bonds. The van der Waals surface area contributed by atoms with Crippen molar-refractivity contribution in [2.45, 2.75) is 13.1 Å². The number of hydrogen-bond acceptors (Lipinski definition) is 2. The van der Waals surface area contributed by atoms with Gasteiger partial charge in [-0.25, -0.2) is 9.97 Å². The van der Waals surface area contributed by atoms with Crippen molar-refractivity contribution in [1.29, 1.82) is 0 Å². The molecule has 0 unspecified atom stereocenters. The van der Waals surface area contributed by atoms with Gasteiger partial charge in [0.25, 0.3) is 0 Å². The third kappa shape index (κ3) is 3.40. The van der Waals surface area contributed by atoms with E-state index in [1.54, 1.807) is 0 Å². The first kappa shape index (κ1) is 17.2. The van der Waals surface area contributed by atoms with Crippen molar-refractivity contribution in [3.8, 4) is 22.5 Å². The fourth-order valence-corrected chi connectivity index (χ4v) is 2.93. The Hall–Kier alpha value is -3.21. The number of hydrogen-bond donors (Lipinski definition) is 0. The molecule has 4 aromatic rings. The van der Waals surface area contributed by atoms with Crippen LogP contribution in [0.1, 0.15) is 11.1 Å². The lowest BCUT2D eigenvalue weighted by Crippen LogP contribution is -2.04. The first-order valence-corrected chi connectivity index (χ1v) is 8.43. The summed E-state index contributed by atoms with van der Waals surface area (Å²) in [5.74, 6) is 0. The van der Waals surface area contributed by atoms with Gasteiger partial charge in [0.15, 0.2) is 0 Å². The van der Waals surface area contributed by atoms with Crippen molar-refractivity contribution in [2.24, 2.45) is 0 Å². The van der Waals surface area contributed by atoms with Gasteiger partial charge in [-0.3, -0.25) is 0 Å². The van der Waals surface area contributed by atoms with Crippen LogP contribution < -0.4 is 0 Å². The molecule has 0 aliphatic rings. The number of nitrogens with zero attached hydrogens (tertiary/aromatic N) is 2. The molecule has 1 heterocycles. The number of para-hydroxylation sites is 2. The largest absolute Gasteiger partial charge is 0.416 e. The van der Waals surface area contributed by atoms with Crippen LogP contribution >= 0.6 is 0 Å². The molecule has 0 saturated heterocycles. The Bertz CT molecular complexity index is 1100. The second kappa shape index (κ2) is 6.50. The zero-order valence-electron chi connectivity index (χ0n) is 14.5. The highest BCUT2D eigenvalue weighted by Crippen LogP contribution is 2.34. The molecule has 134 valence electrons. The van der Waals surface area contributed by atoms with Gasteiger partial charge < -0.3 is 0 Å². The van der Waals surface area contributed by atoms with Crippen LogP contribution in [0.2, 0.25) is 0 Å². The summed E-state index contributed by atoms with van der Waals surface area (Å²) in [6, 6.07) is 20.3. The molecule has 0 aliphatic carbocycles. The Morgan fingerprint density at radius 2 is 1.07 bits per heavy atom. The molecule has 2 nitrogen and oxygen atoms in total. The molecular formula is C22H15F3N2. The van der Waals surface area contributed by atoms with Gasteiger partial charge >= 0.3 is 6.18 Å². The summed E-state index contributed by atoms with van der Waals surface area (Å²) in [5, 5.41) is 0. The van der Waals surface area contributed by atoms with E-state index in [9.17, 15) is 13.2 Å². The molecule has 0 saturated carbocycles. The quantitative estimate of drug-likeness (QED) is 0.418. The number of aryl methyl sites for hydroxylation is 1. The van der Waals surface area contributed by atoms with Crippen LogP contribution in [0.3, 0.4) is 0 Å². The average molecular weight is 364 g/mol. The molecule has 5 heteroatoms. The number of benzene rings is 3. The topological polar surface area (TPSA) is 25.8 Å². The van der Waals surface area contributed by atoms with E-state index in [0.29, 0.717) is 22.5 Å². The van der Waals surface area contributed by atoms with Crippen molar-refractivity contribution < 1.29 is 13.2 Å². The third-order valence-corrected chi connectivity index (χ3v) is 4.38. The van der Waals surface area contributed by atoms with E-state index in [2.05, 4.69) is 0 Å². The molecule has 0 aliphatic heterocycles. The van der Waals surface area contributed by atoms with Gasteiger partial charge in [0.05, 0.1) is 28.0 Å². The molecule has 27 heavy (non-hydrogen) atoms. The molecule has 0 spiro atoms. The Labute approximate surface area is 154 Å². The molecule has 1 aromatic heterocycles. The molecule has 3 aromatic carbocycles. The fourth-order valence-electron chi connectivity index (χ4n) is 2.93. The Balaban J connectivity index is 1.92. The SMILES string of the molecule is Cc1ccc(-c2nc3ccccc3nc2-c2ccc(C(F)(F)F)cc2)cc1. The summed E-state index contributed by atoms with van der Waals surface area (Å²) in [4.78, 5) is 9.43. The predicted octanol–water partition coefficient (Wildman–Crippen LogP) is 6.29. The van der Waals surface area contributed by atoms with Crippen LogP contribution in [0, 0.1) is 6.92 Å². The molecule has 0 bridgehead atoms. The summed E-state index contributed by atoms with van der Waals surface area (Å²) in [5.41, 5.74) is 4.54. The molecule has 0 atom stereocenters. The average Bonchev–Trinajstić information content (AvgIpc) is 2.67. The summed E-state index contributed by atoms with van der Waals surface area (Å²) in [6.45, 7) is 1.99. The summed E-state index contributed by atoms with van der Waals surface area (Å²) < 4.78 is 38.7. The molecule has 4 rings (SSSR count). The van der Waals surface area contributed by atoms with Crippen molar-refractivity contribution in [3.05, 3.63) is 83.9 Å². The monoisotopic (exact) mass is 364 g/mol. The minimum atomic E-state index is -4.37. The second-order valence-electron chi connectivity index (χ2n) is 6.35. The maximum Gasteiger partial charge on any atom is 0.416 e. The van der Waals surface area contributed by atoms with Crippen LogP contribution in [-0.2, 0) is 6.18 Å². The van der Waals surface area contributed by atoms with Crippen LogP contribution in [0.5, 0.6) is 0 Å². The normalized spacial score (nSPS) is 11.7. The lowest BCUT2D eigenvalue weighted by atomic mass is 10.0. The minimum absolute atomic E-state index is 0.561. The van der Waals surface area contributed by atoms with Crippen LogP contribution in [0.25, 0.3) is 33.5 Å². The Morgan fingerprint density at radius 3 is 1.52 bits per heavy atom. The molecule has 0 fully saturated rings. The van der Waals surface area contributed by atoms with Gasteiger partial charge in [0.1, 0.15) is 0 Å². The molecular weight excluding hydrogens is 349 g/mol. The third-order valence-electron chi connectivity index (χ3n) is 4.38. The maximum atomic E-state index is 12.9. The van der Waals surface area contributed by atoms with E-state index >= 15 is 0 Å². The van der Waals surface area contributed by atoms with Gasteiger partial charge in [0.2, 0.25) is 0 Å². The number of aromatic nitrogens is 2. The van der Waals surface area contributed by atoms with Crippen molar-refractivity contribution in [1.82, 2.24) is 9.97 Å². The minimum Gasteiger partial charge on any atom is -0.244 e. The number of rotatable bonds is 2. The highest BCUT2D eigenvalue weighted by molar-refractivity contribution is 5.86. The summed E-state index contributed by atoms with van der Waals surface area (Å²) in [7, 11) is 0. The standard InChI is InChI=1S/C22H15F3N2/c1-14-6-8-15(9-7-14)20-21(27-19-5-3-2-4-18(19)26-20)16-10-12-17(13-11-16)22(23,24)25/h2-13H,1H3. The van der Waals surface area contributed by atoms with E-state index in [0.717, 1.165) is 28.8 Å². The van der Waals surface area contributed by atoms with Crippen LogP contribution in [-0.4, -0.2) is 9.97 Å². The fraction of sp³-hybridized carbons (Fsp3) is 0.0909. The Morgan fingerprint density at radius 1 is 0.630 bits per heavy atom. The van der Waals surface area contributed by atoms with Crippen LogP contribution in [0.15, 0.2) is 72.8 Å². The van der Waals surface area contributed by atoms with Crippen LogP contribution in [0.4, 0.5) is 13.2 Å². The van der Waals surface area contributed by atoms with Gasteiger partial charge in [-0.05, 0) is 31.2 Å². The zero-order chi connectivity index (χ0) is 19.0. The number of fused-ring (bicyclic) bond motifs is 1. The van der Waals surface area contributed by atoms with Gasteiger partial charge in [0, 0.05) is 11.1 Å². The van der Waals surface area contributed by atoms with E-state index in [1.807, 2.05) is 55.5 Å². The first-order chi connectivity index (χ1) is 12.9. The smallest absolute Gasteiger partial charge is 0.244 e. The predicted molar refractivity (Wildman–Crippen MR) is 100 cm³/mol. The van der Waals surface area contributed by atoms with Gasteiger partial charge in [-0.1, -0.05) is 54.1 Å². The van der Waals surface area contributed by atoms with Gasteiger partial charge in [-0.2, -0.15) is 13.2 Å². The Kier molecular flexibility index (Phi) is 4.15. The first-order valence-electron chi connectivity index (χ1n) is 8.43. The van der Waals surface area contributed by atoms with Gasteiger partial charge in [-0.15, -0.1) is 0 Å². The summed E-state index contributed by atoms with van der Waals surface area (Å²) >= 11 is 0. The maximum absolute atomic E-state index is 12.9. The number of halogens is 3. The van der Waals surface area contributed by atoms with E-state index in [-0.39, 0.29) is 0 Å². The molecule has 0 N–H and O–H groups in total. The van der Waals surface area contributed by atoms with Crippen molar-refractivity contribution >= 4 is 11.0 Å². The highest BCUT2D eigenvalue weighted by atomic mass is 19.4. The van der Waals surface area contributed by atoms with E-state index in [4.69, 9.17) is 9.97 Å². The highest BCUT2D eigenvalue weighted by Gasteiger charge is 2.30. The molecule has 0 radical (unpaired) electrons. The number of alkyl halides is 3. The summed E-state index contributed by atoms with van der Waals surface area (Å²) in [6.07, 6.45) is -4.37. The van der Waals surface area contributed by atoms with E-state index in [1.165, 1.54) is 12.1 Å². The van der Waals surface area contributed by atoms with Crippen molar-refractivity contribution in [3.63, 3.8) is 0 Å². The zero-order valence-corrected chi connectivity index (χ0v) is 14.5. The lowest BCUT2D eigenvalue weighted by Gasteiger charge is -2.12.